The van der Waals surface area contributed by atoms with E-state index in [4.69, 9.17) is 15.6 Å². The predicted molar refractivity (Wildman–Crippen MR) is 76.4 cm³/mol. The molecular weight excluding hydrogens is 332 g/mol. The fraction of sp³-hybridized carbons (Fsp3) is 0.167. The van der Waals surface area contributed by atoms with Crippen LogP contribution >= 0.6 is 27.3 Å². The van der Waals surface area contributed by atoms with Gasteiger partial charge < -0.3 is 15.6 Å². The van der Waals surface area contributed by atoms with Crippen LogP contribution in [0.2, 0.25) is 0 Å². The van der Waals surface area contributed by atoms with Crippen LogP contribution in [-0.4, -0.2) is 23.2 Å². The number of hydrogen-bond donors (Lipinski definition) is 2. The standard InChI is InChI=1S/C12H11BrN2O3S/c1-18-9-3-2-6(13)4-7(9)11-15-8(5-19-11)10(14)12(16)17/h2-5,10H,14H2,1H3,(H,16,17). The van der Waals surface area contributed by atoms with E-state index < -0.39 is 12.0 Å². The maximum Gasteiger partial charge on any atom is 0.326 e. The first-order valence-corrected chi connectivity index (χ1v) is 6.98. The van der Waals surface area contributed by atoms with Crippen molar-refractivity contribution >= 4 is 33.2 Å². The highest BCUT2D eigenvalue weighted by Gasteiger charge is 2.19. The molecule has 0 fully saturated rings. The van der Waals surface area contributed by atoms with Gasteiger partial charge in [-0.25, -0.2) is 4.98 Å². The second-order valence-corrected chi connectivity index (χ2v) is 5.51. The Labute approximate surface area is 122 Å². The summed E-state index contributed by atoms with van der Waals surface area (Å²) >= 11 is 4.72. The minimum absolute atomic E-state index is 0.342. The highest BCUT2D eigenvalue weighted by Crippen LogP contribution is 2.35. The van der Waals surface area contributed by atoms with Crippen LogP contribution in [0.25, 0.3) is 10.6 Å². The summed E-state index contributed by atoms with van der Waals surface area (Å²) in [5.41, 5.74) is 6.67. The number of nitrogens with two attached hydrogens (primary N) is 1. The average molecular weight is 343 g/mol. The van der Waals surface area contributed by atoms with Gasteiger partial charge in [0, 0.05) is 9.85 Å². The zero-order valence-corrected chi connectivity index (χ0v) is 12.4. The van der Waals surface area contributed by atoms with Gasteiger partial charge in [-0.1, -0.05) is 15.9 Å². The summed E-state index contributed by atoms with van der Waals surface area (Å²) in [5, 5.41) is 11.2. The molecule has 0 saturated heterocycles. The number of carboxylic acids is 1. The fourth-order valence-corrected chi connectivity index (χ4v) is 2.76. The molecule has 5 nitrogen and oxygen atoms in total. The summed E-state index contributed by atoms with van der Waals surface area (Å²) in [6.45, 7) is 0. The SMILES string of the molecule is COc1ccc(Br)cc1-c1nc(C(N)C(=O)O)cs1. The van der Waals surface area contributed by atoms with Crippen molar-refractivity contribution in [2.75, 3.05) is 7.11 Å². The summed E-state index contributed by atoms with van der Waals surface area (Å²) in [6, 6.07) is 4.44. The second kappa shape index (κ2) is 5.68. The first kappa shape index (κ1) is 14.0. The van der Waals surface area contributed by atoms with E-state index in [0.717, 1.165) is 10.0 Å². The Morgan fingerprint density at radius 3 is 2.95 bits per heavy atom. The minimum atomic E-state index is -1.11. The van der Waals surface area contributed by atoms with Crippen molar-refractivity contribution in [1.29, 1.82) is 0 Å². The molecule has 0 amide bonds. The van der Waals surface area contributed by atoms with E-state index in [2.05, 4.69) is 20.9 Å². The topological polar surface area (TPSA) is 85.4 Å². The molecule has 3 N–H and O–H groups in total. The average Bonchev–Trinajstić information content (AvgIpc) is 2.87. The molecule has 0 aliphatic rings. The molecule has 0 bridgehead atoms. The van der Waals surface area contributed by atoms with Crippen LogP contribution in [0.5, 0.6) is 5.75 Å². The Hall–Kier alpha value is -1.44. The molecule has 0 aliphatic heterocycles. The molecule has 0 spiro atoms. The largest absolute Gasteiger partial charge is 0.496 e. The lowest BCUT2D eigenvalue weighted by atomic mass is 10.2. The molecule has 7 heteroatoms. The zero-order chi connectivity index (χ0) is 14.0. The van der Waals surface area contributed by atoms with E-state index in [1.807, 2.05) is 18.2 Å². The van der Waals surface area contributed by atoms with Gasteiger partial charge in [-0.3, -0.25) is 4.79 Å². The van der Waals surface area contributed by atoms with E-state index in [1.165, 1.54) is 11.3 Å². The van der Waals surface area contributed by atoms with Gasteiger partial charge in [0.05, 0.1) is 18.4 Å². The number of benzene rings is 1. The van der Waals surface area contributed by atoms with Crippen LogP contribution in [0, 0.1) is 0 Å². The van der Waals surface area contributed by atoms with E-state index >= 15 is 0 Å². The third kappa shape index (κ3) is 2.94. The first-order valence-electron chi connectivity index (χ1n) is 5.30. The highest BCUT2D eigenvalue weighted by atomic mass is 79.9. The Bertz CT molecular complexity index is 615. The number of nitrogens with zero attached hydrogens (tertiary/aromatic N) is 1. The van der Waals surface area contributed by atoms with Crippen LogP contribution in [0.1, 0.15) is 11.7 Å². The molecule has 0 aliphatic carbocycles. The lowest BCUT2D eigenvalue weighted by Gasteiger charge is -2.06. The number of ether oxygens (including phenoxy) is 1. The first-order chi connectivity index (χ1) is 9.02. The number of carboxylic acid groups (broad SMARTS) is 1. The predicted octanol–water partition coefficient (Wildman–Crippen LogP) is 2.67. The van der Waals surface area contributed by atoms with E-state index in [9.17, 15) is 4.79 Å². The van der Waals surface area contributed by atoms with Crippen molar-refractivity contribution in [2.45, 2.75) is 6.04 Å². The van der Waals surface area contributed by atoms with Crippen LogP contribution < -0.4 is 10.5 Å². The van der Waals surface area contributed by atoms with E-state index in [1.54, 1.807) is 12.5 Å². The maximum atomic E-state index is 10.8. The summed E-state index contributed by atoms with van der Waals surface area (Å²) in [6.07, 6.45) is 0. The minimum Gasteiger partial charge on any atom is -0.496 e. The number of carbonyl (C=O) groups is 1. The van der Waals surface area contributed by atoms with Gasteiger partial charge >= 0.3 is 5.97 Å². The number of rotatable bonds is 4. The Balaban J connectivity index is 2.43. The highest BCUT2D eigenvalue weighted by molar-refractivity contribution is 9.10. The lowest BCUT2D eigenvalue weighted by molar-refractivity contribution is -0.138. The van der Waals surface area contributed by atoms with Crippen molar-refractivity contribution in [3.05, 3.63) is 33.7 Å². The second-order valence-electron chi connectivity index (χ2n) is 3.74. The van der Waals surface area contributed by atoms with Crippen molar-refractivity contribution < 1.29 is 14.6 Å². The number of hydrogen-bond acceptors (Lipinski definition) is 5. The van der Waals surface area contributed by atoms with Crippen LogP contribution in [-0.2, 0) is 4.79 Å². The zero-order valence-electron chi connectivity index (χ0n) is 9.96. The molecule has 2 rings (SSSR count). The maximum absolute atomic E-state index is 10.8. The van der Waals surface area contributed by atoms with Gasteiger partial charge in [-0.2, -0.15) is 0 Å². The van der Waals surface area contributed by atoms with Crippen LogP contribution in [0.4, 0.5) is 0 Å². The molecule has 1 unspecified atom stereocenters. The van der Waals surface area contributed by atoms with Gasteiger partial charge in [-0.15, -0.1) is 11.3 Å². The number of aromatic nitrogens is 1. The molecule has 0 radical (unpaired) electrons. The molecule has 1 heterocycles. The lowest BCUT2D eigenvalue weighted by Crippen LogP contribution is -2.20. The van der Waals surface area contributed by atoms with Crippen molar-refractivity contribution in [2.24, 2.45) is 5.73 Å². The summed E-state index contributed by atoms with van der Waals surface area (Å²) in [5.74, 6) is -0.425. The monoisotopic (exact) mass is 342 g/mol. The van der Waals surface area contributed by atoms with Gasteiger partial charge in [0.15, 0.2) is 0 Å². The molecule has 1 aromatic carbocycles. The van der Waals surface area contributed by atoms with E-state index in [-0.39, 0.29) is 0 Å². The third-order valence-electron chi connectivity index (χ3n) is 2.50. The molecule has 0 saturated carbocycles. The molecule has 100 valence electrons. The van der Waals surface area contributed by atoms with Gasteiger partial charge in [0.1, 0.15) is 16.8 Å². The third-order valence-corrected chi connectivity index (χ3v) is 3.89. The Morgan fingerprint density at radius 2 is 2.32 bits per heavy atom. The summed E-state index contributed by atoms with van der Waals surface area (Å²) in [7, 11) is 1.57. The van der Waals surface area contributed by atoms with E-state index in [0.29, 0.717) is 16.5 Å². The Morgan fingerprint density at radius 1 is 1.58 bits per heavy atom. The quantitative estimate of drug-likeness (QED) is 0.891. The summed E-state index contributed by atoms with van der Waals surface area (Å²) < 4.78 is 6.16. The number of aliphatic carboxylic acids is 1. The van der Waals surface area contributed by atoms with Crippen LogP contribution in [0.3, 0.4) is 0 Å². The molecular formula is C12H11BrN2O3S. The Kier molecular flexibility index (Phi) is 4.18. The molecule has 2 aromatic rings. The van der Waals surface area contributed by atoms with Gasteiger partial charge in [-0.05, 0) is 18.2 Å². The van der Waals surface area contributed by atoms with Crippen molar-refractivity contribution in [1.82, 2.24) is 4.98 Å². The fourth-order valence-electron chi connectivity index (χ4n) is 1.53. The number of halogens is 1. The van der Waals surface area contributed by atoms with Gasteiger partial charge in [0.25, 0.3) is 0 Å². The molecule has 1 aromatic heterocycles. The normalized spacial score (nSPS) is 12.2. The molecule has 19 heavy (non-hydrogen) atoms. The smallest absolute Gasteiger partial charge is 0.326 e. The van der Waals surface area contributed by atoms with Crippen LogP contribution in [0.15, 0.2) is 28.1 Å². The number of methoxy groups -OCH3 is 1. The van der Waals surface area contributed by atoms with Crippen molar-refractivity contribution in [3.63, 3.8) is 0 Å². The summed E-state index contributed by atoms with van der Waals surface area (Å²) in [4.78, 5) is 15.1. The molecule has 1 atom stereocenters. The number of thiazole rings is 1. The van der Waals surface area contributed by atoms with Gasteiger partial charge in [0.2, 0.25) is 0 Å². The van der Waals surface area contributed by atoms with Crippen molar-refractivity contribution in [3.8, 4) is 16.3 Å².